The van der Waals surface area contributed by atoms with Crippen molar-refractivity contribution in [3.8, 4) is 11.5 Å². The molecular formula is C21H22ClN3O2. The minimum atomic E-state index is 0.0750. The summed E-state index contributed by atoms with van der Waals surface area (Å²) in [5, 5.41) is 4.51. The minimum Gasteiger partial charge on any atom is -0.493 e. The average molecular weight is 384 g/mol. The Balaban J connectivity index is 1.71. The summed E-state index contributed by atoms with van der Waals surface area (Å²) < 4.78 is 10.8. The molecule has 0 bridgehead atoms. The molecule has 0 amide bonds. The normalized spacial score (nSPS) is 14.8. The summed E-state index contributed by atoms with van der Waals surface area (Å²) in [7, 11) is 3.21. The topological polar surface area (TPSA) is 56.3 Å². The number of fused-ring (bicyclic) bond motifs is 1. The summed E-state index contributed by atoms with van der Waals surface area (Å²) in [5.74, 6) is 2.64. The lowest BCUT2D eigenvalue weighted by Gasteiger charge is -2.18. The Kier molecular flexibility index (Phi) is 4.79. The van der Waals surface area contributed by atoms with Gasteiger partial charge in [0.1, 0.15) is 5.82 Å². The lowest BCUT2D eigenvalue weighted by molar-refractivity contribution is 0.356. The molecule has 27 heavy (non-hydrogen) atoms. The van der Waals surface area contributed by atoms with E-state index in [1.165, 1.54) is 24.0 Å². The first-order chi connectivity index (χ1) is 13.1. The third-order valence-electron chi connectivity index (χ3n) is 4.99. The van der Waals surface area contributed by atoms with Crippen LogP contribution in [0.2, 0.25) is 5.28 Å². The molecule has 6 heteroatoms. The van der Waals surface area contributed by atoms with Crippen LogP contribution in [0.15, 0.2) is 36.4 Å². The molecule has 1 aliphatic rings. The van der Waals surface area contributed by atoms with Crippen molar-refractivity contribution >= 4 is 28.3 Å². The van der Waals surface area contributed by atoms with Crippen LogP contribution in [0, 0.1) is 0 Å². The molecule has 1 aliphatic carbocycles. The zero-order chi connectivity index (χ0) is 19.0. The van der Waals surface area contributed by atoms with Crippen molar-refractivity contribution < 1.29 is 9.47 Å². The molecule has 2 aromatic carbocycles. The summed E-state index contributed by atoms with van der Waals surface area (Å²) >= 11 is 6.16. The number of halogens is 1. The number of hydrogen-bond donors (Lipinski definition) is 1. The fourth-order valence-corrected chi connectivity index (χ4v) is 3.50. The van der Waals surface area contributed by atoms with E-state index in [-0.39, 0.29) is 11.3 Å². The molecular weight excluding hydrogens is 362 g/mol. The smallest absolute Gasteiger partial charge is 0.224 e. The highest BCUT2D eigenvalue weighted by Gasteiger charge is 2.24. The number of anilines is 1. The number of hydrogen-bond acceptors (Lipinski definition) is 5. The Bertz CT molecular complexity index is 989. The standard InChI is InChI=1S/C21H22ClN3O2/c1-12(14-5-4-6-15(9-14)13-7-8-13)23-20-16-10-18(26-2)19(27-3)11-17(16)24-21(22)25-20/h4-6,9-13H,7-8H2,1-3H3,(H,23,24,25)/t12-/m1/s1. The maximum absolute atomic E-state index is 6.16. The highest BCUT2D eigenvalue weighted by atomic mass is 35.5. The van der Waals surface area contributed by atoms with E-state index in [4.69, 9.17) is 21.1 Å². The van der Waals surface area contributed by atoms with E-state index in [0.717, 1.165) is 11.3 Å². The van der Waals surface area contributed by atoms with Crippen LogP contribution in [-0.4, -0.2) is 24.2 Å². The van der Waals surface area contributed by atoms with Crippen LogP contribution in [-0.2, 0) is 0 Å². The molecule has 140 valence electrons. The van der Waals surface area contributed by atoms with Gasteiger partial charge >= 0.3 is 0 Å². The van der Waals surface area contributed by atoms with E-state index in [9.17, 15) is 0 Å². The highest BCUT2D eigenvalue weighted by Crippen LogP contribution is 2.41. The van der Waals surface area contributed by atoms with Crippen LogP contribution in [0.25, 0.3) is 10.9 Å². The number of benzene rings is 2. The second kappa shape index (κ2) is 7.24. The third kappa shape index (κ3) is 3.65. The van der Waals surface area contributed by atoms with Gasteiger partial charge in [0.2, 0.25) is 5.28 Å². The second-order valence-electron chi connectivity index (χ2n) is 6.88. The van der Waals surface area contributed by atoms with Gasteiger partial charge in [-0.15, -0.1) is 0 Å². The molecule has 5 nitrogen and oxygen atoms in total. The van der Waals surface area contributed by atoms with Gasteiger partial charge in [0.25, 0.3) is 0 Å². The first-order valence-corrected chi connectivity index (χ1v) is 9.42. The molecule has 1 N–H and O–H groups in total. The number of aromatic nitrogens is 2. The number of ether oxygens (including phenoxy) is 2. The molecule has 4 rings (SSSR count). The van der Waals surface area contributed by atoms with E-state index in [0.29, 0.717) is 22.8 Å². The summed E-state index contributed by atoms with van der Waals surface area (Å²) in [4.78, 5) is 8.74. The van der Waals surface area contributed by atoms with Crippen molar-refractivity contribution in [2.45, 2.75) is 31.7 Å². The Labute approximate surface area is 163 Å². The molecule has 1 aromatic heterocycles. The number of nitrogens with zero attached hydrogens (tertiary/aromatic N) is 2. The maximum Gasteiger partial charge on any atom is 0.224 e. The zero-order valence-electron chi connectivity index (χ0n) is 15.6. The van der Waals surface area contributed by atoms with E-state index in [2.05, 4.69) is 46.5 Å². The molecule has 3 aromatic rings. The van der Waals surface area contributed by atoms with E-state index < -0.39 is 0 Å². The Morgan fingerprint density at radius 3 is 2.52 bits per heavy atom. The predicted molar refractivity (Wildman–Crippen MR) is 108 cm³/mol. The van der Waals surface area contributed by atoms with Gasteiger partial charge in [-0.1, -0.05) is 24.3 Å². The first kappa shape index (κ1) is 17.9. The van der Waals surface area contributed by atoms with Crippen molar-refractivity contribution in [1.82, 2.24) is 9.97 Å². The molecule has 0 saturated heterocycles. The van der Waals surface area contributed by atoms with E-state index >= 15 is 0 Å². The third-order valence-corrected chi connectivity index (χ3v) is 5.16. The molecule has 0 unspecified atom stereocenters. The maximum atomic E-state index is 6.16. The van der Waals surface area contributed by atoms with Gasteiger partial charge in [-0.2, -0.15) is 0 Å². The van der Waals surface area contributed by atoms with Crippen molar-refractivity contribution in [3.05, 3.63) is 52.8 Å². The van der Waals surface area contributed by atoms with Crippen LogP contribution in [0.4, 0.5) is 5.82 Å². The summed E-state index contributed by atoms with van der Waals surface area (Å²) in [5.41, 5.74) is 3.34. The SMILES string of the molecule is COc1cc2nc(Cl)nc(N[C@H](C)c3cccc(C4CC4)c3)c2cc1OC. The van der Waals surface area contributed by atoms with Crippen molar-refractivity contribution in [1.29, 1.82) is 0 Å². The second-order valence-corrected chi connectivity index (χ2v) is 7.21. The van der Waals surface area contributed by atoms with Gasteiger partial charge in [-0.25, -0.2) is 9.97 Å². The van der Waals surface area contributed by atoms with Gasteiger partial charge in [-0.3, -0.25) is 0 Å². The van der Waals surface area contributed by atoms with Crippen LogP contribution in [0.5, 0.6) is 11.5 Å². The van der Waals surface area contributed by atoms with Gasteiger partial charge in [0.05, 0.1) is 19.7 Å². The number of rotatable bonds is 6. The molecule has 0 radical (unpaired) electrons. The first-order valence-electron chi connectivity index (χ1n) is 9.04. The van der Waals surface area contributed by atoms with Crippen molar-refractivity contribution in [2.24, 2.45) is 0 Å². The lowest BCUT2D eigenvalue weighted by Crippen LogP contribution is -2.09. The van der Waals surface area contributed by atoms with Gasteiger partial charge in [0.15, 0.2) is 11.5 Å². The molecule has 1 atom stereocenters. The minimum absolute atomic E-state index is 0.0750. The van der Waals surface area contributed by atoms with Crippen LogP contribution >= 0.6 is 11.6 Å². The summed E-state index contributed by atoms with van der Waals surface area (Å²) in [6.45, 7) is 2.12. The Hall–Kier alpha value is -2.53. The van der Waals surface area contributed by atoms with Crippen molar-refractivity contribution in [2.75, 3.05) is 19.5 Å². The van der Waals surface area contributed by atoms with Crippen molar-refractivity contribution in [3.63, 3.8) is 0 Å². The number of nitrogens with one attached hydrogen (secondary N) is 1. The zero-order valence-corrected chi connectivity index (χ0v) is 16.4. The molecule has 1 fully saturated rings. The van der Waals surface area contributed by atoms with Crippen LogP contribution in [0.1, 0.15) is 42.9 Å². The van der Waals surface area contributed by atoms with E-state index in [1.54, 1.807) is 14.2 Å². The Morgan fingerprint density at radius 1 is 1.07 bits per heavy atom. The number of methoxy groups -OCH3 is 2. The summed E-state index contributed by atoms with van der Waals surface area (Å²) in [6.07, 6.45) is 2.58. The predicted octanol–water partition coefficient (Wildman–Crippen LogP) is 5.35. The average Bonchev–Trinajstić information content (AvgIpc) is 3.52. The van der Waals surface area contributed by atoms with Gasteiger partial charge in [0, 0.05) is 17.5 Å². The van der Waals surface area contributed by atoms with Gasteiger partial charge in [-0.05, 0) is 54.5 Å². The molecule has 0 aliphatic heterocycles. The molecule has 0 spiro atoms. The van der Waals surface area contributed by atoms with E-state index in [1.807, 2.05) is 12.1 Å². The largest absolute Gasteiger partial charge is 0.493 e. The van der Waals surface area contributed by atoms with Crippen LogP contribution in [0.3, 0.4) is 0 Å². The fraction of sp³-hybridized carbons (Fsp3) is 0.333. The van der Waals surface area contributed by atoms with Gasteiger partial charge < -0.3 is 14.8 Å². The summed E-state index contributed by atoms with van der Waals surface area (Å²) in [6, 6.07) is 12.5. The quantitative estimate of drug-likeness (QED) is 0.581. The monoisotopic (exact) mass is 383 g/mol. The molecule has 1 saturated carbocycles. The molecule has 1 heterocycles. The highest BCUT2D eigenvalue weighted by molar-refractivity contribution is 6.28. The fourth-order valence-electron chi connectivity index (χ4n) is 3.32. The van der Waals surface area contributed by atoms with Crippen LogP contribution < -0.4 is 14.8 Å². The Morgan fingerprint density at radius 2 is 1.81 bits per heavy atom. The lowest BCUT2D eigenvalue weighted by atomic mass is 10.0.